The van der Waals surface area contributed by atoms with E-state index in [1.165, 1.54) is 27.9 Å². The van der Waals surface area contributed by atoms with E-state index in [1.807, 2.05) is 25.9 Å². The molecule has 3 saturated heterocycles. The number of methoxy groups -OCH3 is 1. The minimum absolute atomic E-state index is 0.0936. The SMILES string of the molecule is CC[C@H]1OC(=O)[C@@H](C)[C@H](O[C@H]2CC(C)(OC)[C@@H](O)[C@@H](C)O2)[C@H](C)[C@@H](O[C@H]2O[C@@H](C)C[C@@H](N(C)C)[C@@H]2O)C(C)(O)C[C@@H](C)C(=O)[C@H](C)[C@@H](O)[C@]1(C)O. The first-order valence-corrected chi connectivity index (χ1v) is 18.5. The van der Waals surface area contributed by atoms with Crippen LogP contribution in [0.15, 0.2) is 0 Å². The standard InChI is InChI=1S/C37H67NO13/c1-14-25-37(10,45)30(41)20(4)27(39)18(2)16-35(8,44)32(51-34-28(40)24(38(11)12)15-19(3)47-34)21(5)29(22(6)33(43)49-25)50-26-17-36(9,46-13)31(42)23(7)48-26/h18-26,28-32,34,40-42,44-45H,14-17H2,1-13H3/t18-,19+,20+,21+,22+,23-,24-,25-,26+,28+,29-,30-,31+,32-,34-,35?,36?,37-/m1/s1. The summed E-state index contributed by atoms with van der Waals surface area (Å²) in [6.07, 6.45) is -9.71. The number of likely N-dealkylation sites (N-methyl/N-ethyl adjacent to an activating group) is 1. The predicted molar refractivity (Wildman–Crippen MR) is 186 cm³/mol. The zero-order valence-electron chi connectivity index (χ0n) is 32.9. The highest BCUT2D eigenvalue weighted by Gasteiger charge is 2.53. The second kappa shape index (κ2) is 17.0. The van der Waals surface area contributed by atoms with Gasteiger partial charge < -0.3 is 58.9 Å². The minimum atomic E-state index is -1.99. The molecule has 3 aliphatic heterocycles. The van der Waals surface area contributed by atoms with Crippen LogP contribution in [-0.2, 0) is 38.0 Å². The van der Waals surface area contributed by atoms with Gasteiger partial charge in [-0.1, -0.05) is 27.7 Å². The van der Waals surface area contributed by atoms with E-state index in [2.05, 4.69) is 0 Å². The molecule has 3 fully saturated rings. The van der Waals surface area contributed by atoms with Crippen molar-refractivity contribution in [3.63, 3.8) is 0 Å². The number of nitrogens with zero attached hydrogens (tertiary/aromatic N) is 1. The van der Waals surface area contributed by atoms with Crippen LogP contribution in [0.4, 0.5) is 0 Å². The van der Waals surface area contributed by atoms with Crippen LogP contribution in [-0.4, -0.2) is 148 Å². The molecule has 3 aliphatic rings. The van der Waals surface area contributed by atoms with E-state index >= 15 is 0 Å². The third kappa shape index (κ3) is 9.51. The van der Waals surface area contributed by atoms with Crippen LogP contribution in [0.1, 0.15) is 94.9 Å². The third-order valence-electron chi connectivity index (χ3n) is 11.8. The minimum Gasteiger partial charge on any atom is -0.459 e. The monoisotopic (exact) mass is 733 g/mol. The molecule has 0 spiro atoms. The van der Waals surface area contributed by atoms with Gasteiger partial charge in [0.1, 0.15) is 29.7 Å². The number of esters is 1. The van der Waals surface area contributed by atoms with Crippen molar-refractivity contribution in [2.75, 3.05) is 21.2 Å². The number of hydrogen-bond donors (Lipinski definition) is 5. The van der Waals surface area contributed by atoms with Crippen molar-refractivity contribution in [2.45, 2.75) is 179 Å². The average molecular weight is 734 g/mol. The molecule has 0 aliphatic carbocycles. The summed E-state index contributed by atoms with van der Waals surface area (Å²) in [4.78, 5) is 29.8. The number of aliphatic hydroxyl groups excluding tert-OH is 3. The van der Waals surface area contributed by atoms with Gasteiger partial charge in [0, 0.05) is 37.3 Å². The fourth-order valence-corrected chi connectivity index (χ4v) is 8.41. The second-order valence-corrected chi connectivity index (χ2v) is 16.5. The Bertz CT molecular complexity index is 1170. The zero-order valence-corrected chi connectivity index (χ0v) is 32.9. The van der Waals surface area contributed by atoms with Gasteiger partial charge in [-0.05, 0) is 74.9 Å². The smallest absolute Gasteiger partial charge is 0.311 e. The molecule has 18 atom stereocenters. The second-order valence-electron chi connectivity index (χ2n) is 16.5. The Labute approximate surface area is 304 Å². The number of aliphatic hydroxyl groups is 5. The topological polar surface area (TPSA) is 194 Å². The van der Waals surface area contributed by atoms with E-state index in [-0.39, 0.29) is 31.4 Å². The summed E-state index contributed by atoms with van der Waals surface area (Å²) in [6, 6.07) is -0.324. The number of ether oxygens (including phenoxy) is 6. The summed E-state index contributed by atoms with van der Waals surface area (Å²) in [6.45, 7) is 16.3. The first-order valence-electron chi connectivity index (χ1n) is 18.5. The predicted octanol–water partition coefficient (Wildman–Crippen LogP) is 1.79. The summed E-state index contributed by atoms with van der Waals surface area (Å²) >= 11 is 0. The maximum absolute atomic E-state index is 14.1. The van der Waals surface area contributed by atoms with Crippen LogP contribution >= 0.6 is 0 Å². The van der Waals surface area contributed by atoms with Crippen molar-refractivity contribution in [1.29, 1.82) is 0 Å². The van der Waals surface area contributed by atoms with Crippen LogP contribution in [0.5, 0.6) is 0 Å². The lowest BCUT2D eigenvalue weighted by molar-refractivity contribution is -0.318. The van der Waals surface area contributed by atoms with Gasteiger partial charge in [0.2, 0.25) is 0 Å². The van der Waals surface area contributed by atoms with Gasteiger partial charge in [-0.3, -0.25) is 9.59 Å². The molecule has 0 aromatic carbocycles. The van der Waals surface area contributed by atoms with Crippen LogP contribution in [0.2, 0.25) is 0 Å². The van der Waals surface area contributed by atoms with Crippen molar-refractivity contribution in [3.8, 4) is 0 Å². The van der Waals surface area contributed by atoms with Crippen molar-refractivity contribution in [2.24, 2.45) is 23.7 Å². The molecule has 0 saturated carbocycles. The van der Waals surface area contributed by atoms with Gasteiger partial charge >= 0.3 is 5.97 Å². The van der Waals surface area contributed by atoms with Crippen LogP contribution in [0.3, 0.4) is 0 Å². The van der Waals surface area contributed by atoms with Gasteiger partial charge in [0.05, 0.1) is 47.6 Å². The van der Waals surface area contributed by atoms with Crippen molar-refractivity contribution in [3.05, 3.63) is 0 Å². The van der Waals surface area contributed by atoms with Gasteiger partial charge in [-0.25, -0.2) is 0 Å². The summed E-state index contributed by atoms with van der Waals surface area (Å²) in [5, 5.41) is 57.6. The number of ketones is 1. The van der Waals surface area contributed by atoms with E-state index in [9.17, 15) is 35.1 Å². The maximum atomic E-state index is 14.1. The fourth-order valence-electron chi connectivity index (χ4n) is 8.41. The molecule has 5 N–H and O–H groups in total. The number of carbonyl (C=O) groups is 2. The van der Waals surface area contributed by atoms with E-state index in [0.29, 0.717) is 6.42 Å². The normalized spacial score (nSPS) is 49.7. The van der Waals surface area contributed by atoms with E-state index in [1.54, 1.807) is 41.5 Å². The lowest BCUT2D eigenvalue weighted by Gasteiger charge is -2.49. The van der Waals surface area contributed by atoms with E-state index < -0.39 is 108 Å². The highest BCUT2D eigenvalue weighted by molar-refractivity contribution is 5.83. The molecule has 14 heteroatoms. The highest BCUT2D eigenvalue weighted by Crippen LogP contribution is 2.40. The molecule has 14 nitrogen and oxygen atoms in total. The Morgan fingerprint density at radius 3 is 2.04 bits per heavy atom. The highest BCUT2D eigenvalue weighted by atomic mass is 16.7. The first kappa shape index (κ1) is 44.1. The first-order chi connectivity index (χ1) is 23.4. The molecule has 298 valence electrons. The molecule has 0 aromatic heterocycles. The molecule has 3 heterocycles. The molecule has 0 bridgehead atoms. The lowest BCUT2D eigenvalue weighted by atomic mass is 9.74. The molecule has 51 heavy (non-hydrogen) atoms. The summed E-state index contributed by atoms with van der Waals surface area (Å²) in [5.41, 5.74) is -4.84. The third-order valence-corrected chi connectivity index (χ3v) is 11.8. The maximum Gasteiger partial charge on any atom is 0.311 e. The van der Waals surface area contributed by atoms with Crippen molar-refractivity contribution in [1.82, 2.24) is 4.90 Å². The molecular weight excluding hydrogens is 666 g/mol. The van der Waals surface area contributed by atoms with Gasteiger partial charge in [-0.2, -0.15) is 0 Å². The van der Waals surface area contributed by atoms with Crippen molar-refractivity contribution >= 4 is 11.8 Å². The number of carbonyl (C=O) groups excluding carboxylic acids is 2. The largest absolute Gasteiger partial charge is 0.459 e. The summed E-state index contributed by atoms with van der Waals surface area (Å²) in [7, 11) is 5.18. The Kier molecular flexibility index (Phi) is 14.7. The molecule has 2 unspecified atom stereocenters. The van der Waals surface area contributed by atoms with Crippen LogP contribution < -0.4 is 0 Å². The number of hydrogen-bond acceptors (Lipinski definition) is 14. The van der Waals surface area contributed by atoms with Gasteiger partial charge in [-0.15, -0.1) is 0 Å². The number of cyclic esters (lactones) is 1. The molecule has 0 radical (unpaired) electrons. The molecular formula is C37H67NO13. The zero-order chi connectivity index (χ0) is 39.0. The van der Waals surface area contributed by atoms with Gasteiger partial charge in [0.15, 0.2) is 12.6 Å². The Morgan fingerprint density at radius 2 is 1.49 bits per heavy atom. The van der Waals surface area contributed by atoms with Crippen LogP contribution in [0.25, 0.3) is 0 Å². The van der Waals surface area contributed by atoms with E-state index in [0.717, 1.165) is 0 Å². The molecule has 0 amide bonds. The average Bonchev–Trinajstić information content (AvgIpc) is 3.05. The molecule has 0 aromatic rings. The summed E-state index contributed by atoms with van der Waals surface area (Å²) in [5.74, 6) is -4.98. The summed E-state index contributed by atoms with van der Waals surface area (Å²) < 4.78 is 37.1. The Hall–Kier alpha value is -1.30. The number of Topliss-reactive ketones (excluding diaryl/α,β-unsaturated/α-hetero) is 1. The number of rotatable bonds is 7. The van der Waals surface area contributed by atoms with Crippen molar-refractivity contribution < 1.29 is 63.5 Å². The Balaban J connectivity index is 2.18. The Morgan fingerprint density at radius 1 is 0.882 bits per heavy atom. The van der Waals surface area contributed by atoms with Gasteiger partial charge in [0.25, 0.3) is 0 Å². The quantitative estimate of drug-likeness (QED) is 0.238. The van der Waals surface area contributed by atoms with E-state index in [4.69, 9.17) is 28.4 Å². The molecule has 3 rings (SSSR count). The van der Waals surface area contributed by atoms with Crippen LogP contribution in [0, 0.1) is 23.7 Å². The lowest BCUT2D eigenvalue weighted by Crippen LogP contribution is -2.61. The fraction of sp³-hybridized carbons (Fsp3) is 0.946.